The molecule has 3 heterocycles. The molecule has 0 bridgehead atoms. The van der Waals surface area contributed by atoms with Gasteiger partial charge >= 0.3 is 0 Å². The monoisotopic (exact) mass is 369 g/mol. The van der Waals surface area contributed by atoms with Crippen molar-refractivity contribution in [3.8, 4) is 0 Å². The summed E-state index contributed by atoms with van der Waals surface area (Å²) in [7, 11) is 0. The van der Waals surface area contributed by atoms with E-state index in [0.717, 1.165) is 42.3 Å². The highest BCUT2D eigenvalue weighted by Gasteiger charge is 2.16. The molecule has 4 rings (SSSR count). The van der Waals surface area contributed by atoms with E-state index in [9.17, 15) is 4.79 Å². The molecule has 0 saturated carbocycles. The number of ether oxygens (including phenoxy) is 1. The molecule has 0 spiro atoms. The molecule has 1 aliphatic heterocycles. The Balaban J connectivity index is 1.45. The van der Waals surface area contributed by atoms with Crippen LogP contribution in [0, 0.1) is 0 Å². The van der Waals surface area contributed by atoms with Gasteiger partial charge in [-0.2, -0.15) is 0 Å². The maximum absolute atomic E-state index is 12.4. The normalized spacial score (nSPS) is 16.9. The number of carbonyl (C=O) groups excluding carboxylic acids is 1. The highest BCUT2D eigenvalue weighted by atomic mass is 35.5. The summed E-state index contributed by atoms with van der Waals surface area (Å²) < 4.78 is 7.81. The Morgan fingerprint density at radius 3 is 2.96 bits per heavy atom. The lowest BCUT2D eigenvalue weighted by molar-refractivity contribution is 0.0945. The predicted octanol–water partition coefficient (Wildman–Crippen LogP) is 3.80. The SMILES string of the molecule is O=C(NCc1ccccc1Cl)c1cc2cn(CC3CCCO3)cc2cn1. The lowest BCUT2D eigenvalue weighted by atomic mass is 10.2. The molecule has 1 aliphatic rings. The van der Waals surface area contributed by atoms with Crippen molar-refractivity contribution in [2.24, 2.45) is 0 Å². The number of nitrogens with zero attached hydrogens (tertiary/aromatic N) is 2. The summed E-state index contributed by atoms with van der Waals surface area (Å²) in [5, 5.41) is 5.53. The quantitative estimate of drug-likeness (QED) is 0.744. The van der Waals surface area contributed by atoms with Crippen LogP contribution in [0.1, 0.15) is 28.9 Å². The van der Waals surface area contributed by atoms with Crippen molar-refractivity contribution in [3.63, 3.8) is 0 Å². The third-order valence-electron chi connectivity index (χ3n) is 4.65. The Morgan fingerprint density at radius 1 is 1.31 bits per heavy atom. The van der Waals surface area contributed by atoms with Crippen molar-refractivity contribution >= 4 is 28.3 Å². The number of hydrogen-bond acceptors (Lipinski definition) is 3. The molecule has 1 amide bonds. The highest BCUT2D eigenvalue weighted by molar-refractivity contribution is 6.31. The lowest BCUT2D eigenvalue weighted by Gasteiger charge is -2.09. The minimum absolute atomic E-state index is 0.210. The van der Waals surface area contributed by atoms with Gasteiger partial charge in [-0.15, -0.1) is 0 Å². The second-order valence-electron chi connectivity index (χ2n) is 6.56. The van der Waals surface area contributed by atoms with Crippen LogP contribution < -0.4 is 5.32 Å². The summed E-state index contributed by atoms with van der Waals surface area (Å²) in [5.74, 6) is -0.210. The zero-order valence-corrected chi connectivity index (χ0v) is 15.1. The van der Waals surface area contributed by atoms with Crippen LogP contribution >= 0.6 is 11.6 Å². The molecule has 1 aromatic carbocycles. The van der Waals surface area contributed by atoms with E-state index >= 15 is 0 Å². The first kappa shape index (κ1) is 17.1. The average Bonchev–Trinajstić information content (AvgIpc) is 3.29. The molecule has 6 heteroatoms. The van der Waals surface area contributed by atoms with E-state index in [4.69, 9.17) is 16.3 Å². The van der Waals surface area contributed by atoms with Crippen molar-refractivity contribution < 1.29 is 9.53 Å². The van der Waals surface area contributed by atoms with Gasteiger partial charge in [0.2, 0.25) is 0 Å². The second kappa shape index (κ2) is 7.48. The number of amides is 1. The van der Waals surface area contributed by atoms with Crippen LogP contribution in [0.5, 0.6) is 0 Å². The molecular formula is C20H20ClN3O2. The maximum Gasteiger partial charge on any atom is 0.270 e. The molecule has 134 valence electrons. The van der Waals surface area contributed by atoms with E-state index in [-0.39, 0.29) is 12.0 Å². The molecule has 2 aromatic heterocycles. The topological polar surface area (TPSA) is 56.2 Å². The van der Waals surface area contributed by atoms with Gasteiger partial charge in [0, 0.05) is 54.1 Å². The smallest absolute Gasteiger partial charge is 0.270 e. The number of rotatable bonds is 5. The number of hydrogen-bond donors (Lipinski definition) is 1. The Morgan fingerprint density at radius 2 is 2.15 bits per heavy atom. The summed E-state index contributed by atoms with van der Waals surface area (Å²) in [6.07, 6.45) is 8.35. The number of fused-ring (bicyclic) bond motifs is 1. The van der Waals surface area contributed by atoms with E-state index in [1.807, 2.05) is 36.5 Å². The predicted molar refractivity (Wildman–Crippen MR) is 101 cm³/mol. The first-order chi connectivity index (χ1) is 12.7. The number of benzene rings is 1. The summed E-state index contributed by atoms with van der Waals surface area (Å²) >= 11 is 6.12. The van der Waals surface area contributed by atoms with Crippen molar-refractivity contribution in [2.45, 2.75) is 32.0 Å². The van der Waals surface area contributed by atoms with Crippen LogP contribution in [0.25, 0.3) is 10.8 Å². The number of carbonyl (C=O) groups is 1. The molecule has 1 N–H and O–H groups in total. The fraction of sp³-hybridized carbons (Fsp3) is 0.300. The van der Waals surface area contributed by atoms with Crippen molar-refractivity contribution in [1.29, 1.82) is 0 Å². The minimum Gasteiger partial charge on any atom is -0.376 e. The number of nitrogens with one attached hydrogen (secondary N) is 1. The third kappa shape index (κ3) is 3.74. The van der Waals surface area contributed by atoms with Gasteiger partial charge in [0.05, 0.1) is 6.10 Å². The first-order valence-corrected chi connectivity index (χ1v) is 9.15. The Bertz CT molecular complexity index is 932. The van der Waals surface area contributed by atoms with Gasteiger partial charge in [-0.1, -0.05) is 29.8 Å². The van der Waals surface area contributed by atoms with Crippen molar-refractivity contribution in [2.75, 3.05) is 6.61 Å². The van der Waals surface area contributed by atoms with Crippen LogP contribution in [0.2, 0.25) is 5.02 Å². The van der Waals surface area contributed by atoms with Gasteiger partial charge in [0.25, 0.3) is 5.91 Å². The lowest BCUT2D eigenvalue weighted by Crippen LogP contribution is -2.23. The van der Waals surface area contributed by atoms with Crippen LogP contribution in [0.4, 0.5) is 0 Å². The van der Waals surface area contributed by atoms with E-state index in [1.54, 1.807) is 6.20 Å². The Kier molecular flexibility index (Phi) is 4.91. The molecular weight excluding hydrogens is 350 g/mol. The fourth-order valence-electron chi connectivity index (χ4n) is 3.26. The van der Waals surface area contributed by atoms with Gasteiger partial charge in [-0.3, -0.25) is 9.78 Å². The van der Waals surface area contributed by atoms with Gasteiger partial charge in [-0.05, 0) is 30.5 Å². The minimum atomic E-state index is -0.210. The van der Waals surface area contributed by atoms with Crippen LogP contribution in [-0.4, -0.2) is 28.2 Å². The van der Waals surface area contributed by atoms with Crippen molar-refractivity contribution in [1.82, 2.24) is 14.9 Å². The summed E-state index contributed by atoms with van der Waals surface area (Å²) in [4.78, 5) is 16.7. The molecule has 0 radical (unpaired) electrons. The summed E-state index contributed by atoms with van der Waals surface area (Å²) in [5.41, 5.74) is 1.28. The molecule has 1 fully saturated rings. The van der Waals surface area contributed by atoms with E-state index < -0.39 is 0 Å². The molecule has 1 saturated heterocycles. The summed E-state index contributed by atoms with van der Waals surface area (Å²) in [6, 6.07) is 9.29. The Labute approximate surface area is 156 Å². The van der Waals surface area contributed by atoms with E-state index in [1.165, 1.54) is 0 Å². The fourth-order valence-corrected chi connectivity index (χ4v) is 3.46. The molecule has 1 unspecified atom stereocenters. The van der Waals surface area contributed by atoms with E-state index in [2.05, 4.69) is 21.1 Å². The molecule has 5 nitrogen and oxygen atoms in total. The van der Waals surface area contributed by atoms with Crippen LogP contribution in [-0.2, 0) is 17.8 Å². The standard InChI is InChI=1S/C20H20ClN3O2/c21-18-6-2-1-4-14(18)9-23-20(25)19-8-15-11-24(12-16(15)10-22-19)13-17-5-3-7-26-17/h1-2,4,6,8,10-12,17H,3,5,7,9,13H2,(H,23,25). The molecule has 3 aromatic rings. The van der Waals surface area contributed by atoms with Gasteiger partial charge in [-0.25, -0.2) is 0 Å². The van der Waals surface area contributed by atoms with Crippen LogP contribution in [0.3, 0.4) is 0 Å². The molecule has 1 atom stereocenters. The average molecular weight is 370 g/mol. The zero-order chi connectivity index (χ0) is 17.9. The number of pyridine rings is 1. The number of aromatic nitrogens is 2. The van der Waals surface area contributed by atoms with Gasteiger partial charge < -0.3 is 14.6 Å². The third-order valence-corrected chi connectivity index (χ3v) is 5.02. The zero-order valence-electron chi connectivity index (χ0n) is 14.3. The highest BCUT2D eigenvalue weighted by Crippen LogP contribution is 2.19. The van der Waals surface area contributed by atoms with Crippen LogP contribution in [0.15, 0.2) is 48.9 Å². The molecule has 0 aliphatic carbocycles. The largest absolute Gasteiger partial charge is 0.376 e. The maximum atomic E-state index is 12.4. The summed E-state index contributed by atoms with van der Waals surface area (Å²) in [6.45, 7) is 2.06. The number of halogens is 1. The van der Waals surface area contributed by atoms with Gasteiger partial charge in [0.1, 0.15) is 5.69 Å². The van der Waals surface area contributed by atoms with Gasteiger partial charge in [0.15, 0.2) is 0 Å². The molecule has 26 heavy (non-hydrogen) atoms. The Hall–Kier alpha value is -2.37. The first-order valence-electron chi connectivity index (χ1n) is 8.78. The van der Waals surface area contributed by atoms with E-state index in [0.29, 0.717) is 17.3 Å². The second-order valence-corrected chi connectivity index (χ2v) is 6.97. The van der Waals surface area contributed by atoms with Crippen molar-refractivity contribution in [3.05, 3.63) is 65.2 Å².